The first-order valence-electron chi connectivity index (χ1n) is 7.98. The molecule has 24 heavy (non-hydrogen) atoms. The minimum absolute atomic E-state index is 0.0247. The van der Waals surface area contributed by atoms with Crippen molar-refractivity contribution in [3.63, 3.8) is 0 Å². The highest BCUT2D eigenvalue weighted by molar-refractivity contribution is 7.99. The Labute approximate surface area is 145 Å². The number of hydrogen-bond donors (Lipinski definition) is 2. The molecule has 0 aliphatic heterocycles. The predicted octanol–water partition coefficient (Wildman–Crippen LogP) is 3.49. The van der Waals surface area contributed by atoms with Gasteiger partial charge in [0.25, 0.3) is 0 Å². The molecule has 1 unspecified atom stereocenters. The summed E-state index contributed by atoms with van der Waals surface area (Å²) in [6.07, 6.45) is 0.803. The summed E-state index contributed by atoms with van der Waals surface area (Å²) in [6, 6.07) is 14.3. The summed E-state index contributed by atoms with van der Waals surface area (Å²) >= 11 is 1.34. The van der Waals surface area contributed by atoms with Gasteiger partial charge in [-0.15, -0.1) is 5.10 Å². The lowest BCUT2D eigenvalue weighted by Gasteiger charge is -2.16. The SMILES string of the molecule is CCc1nc(SCC(=O)NC(C)c2cccc3ccccc23)n[nH]1. The molecule has 3 rings (SSSR count). The number of H-pyrrole nitrogens is 1. The van der Waals surface area contributed by atoms with E-state index in [4.69, 9.17) is 0 Å². The lowest BCUT2D eigenvalue weighted by Crippen LogP contribution is -2.28. The van der Waals surface area contributed by atoms with E-state index in [0.717, 1.165) is 17.8 Å². The average Bonchev–Trinajstić information content (AvgIpc) is 3.07. The summed E-state index contributed by atoms with van der Waals surface area (Å²) < 4.78 is 0. The minimum atomic E-state index is -0.0532. The van der Waals surface area contributed by atoms with Crippen molar-refractivity contribution in [2.45, 2.75) is 31.5 Å². The number of fused-ring (bicyclic) bond motifs is 1. The molecule has 1 amide bonds. The fraction of sp³-hybridized carbons (Fsp3) is 0.278. The number of aryl methyl sites for hydroxylation is 1. The number of benzene rings is 2. The summed E-state index contributed by atoms with van der Waals surface area (Å²) in [5.41, 5.74) is 1.12. The van der Waals surface area contributed by atoms with Gasteiger partial charge in [-0.1, -0.05) is 61.2 Å². The van der Waals surface area contributed by atoms with Gasteiger partial charge in [-0.3, -0.25) is 9.89 Å². The van der Waals surface area contributed by atoms with E-state index in [1.165, 1.54) is 22.5 Å². The van der Waals surface area contributed by atoms with Gasteiger partial charge >= 0.3 is 0 Å². The summed E-state index contributed by atoms with van der Waals surface area (Å²) in [6.45, 7) is 4.01. The van der Waals surface area contributed by atoms with Crippen LogP contribution < -0.4 is 5.32 Å². The van der Waals surface area contributed by atoms with E-state index in [1.807, 2.05) is 32.0 Å². The minimum Gasteiger partial charge on any atom is -0.349 e. The molecule has 6 heteroatoms. The van der Waals surface area contributed by atoms with Crippen LogP contribution in [0.15, 0.2) is 47.6 Å². The number of rotatable bonds is 6. The molecule has 5 nitrogen and oxygen atoms in total. The summed E-state index contributed by atoms with van der Waals surface area (Å²) in [5.74, 6) is 1.11. The van der Waals surface area contributed by atoms with Crippen LogP contribution in [0.1, 0.15) is 31.3 Å². The fourth-order valence-corrected chi connectivity index (χ4v) is 3.25. The van der Waals surface area contributed by atoms with Gasteiger partial charge in [0.15, 0.2) is 0 Å². The first-order valence-corrected chi connectivity index (χ1v) is 8.97. The van der Waals surface area contributed by atoms with Crippen LogP contribution in [0.5, 0.6) is 0 Å². The second kappa shape index (κ2) is 7.49. The van der Waals surface area contributed by atoms with Crippen molar-refractivity contribution in [2.75, 3.05) is 5.75 Å². The van der Waals surface area contributed by atoms with Crippen LogP contribution in [0.2, 0.25) is 0 Å². The number of nitrogens with one attached hydrogen (secondary N) is 2. The van der Waals surface area contributed by atoms with E-state index in [1.54, 1.807) is 0 Å². The van der Waals surface area contributed by atoms with Crippen molar-refractivity contribution in [1.29, 1.82) is 0 Å². The topological polar surface area (TPSA) is 70.7 Å². The molecule has 0 aliphatic rings. The first kappa shape index (κ1) is 16.5. The van der Waals surface area contributed by atoms with Gasteiger partial charge in [-0.25, -0.2) is 4.98 Å². The lowest BCUT2D eigenvalue weighted by molar-refractivity contribution is -0.119. The zero-order chi connectivity index (χ0) is 16.9. The van der Waals surface area contributed by atoms with Crippen molar-refractivity contribution in [2.24, 2.45) is 0 Å². The number of thioether (sulfide) groups is 1. The third-order valence-corrected chi connectivity index (χ3v) is 4.69. The highest BCUT2D eigenvalue weighted by Gasteiger charge is 2.13. The molecule has 0 saturated carbocycles. The molecular weight excluding hydrogens is 320 g/mol. The van der Waals surface area contributed by atoms with Crippen LogP contribution in [0.25, 0.3) is 10.8 Å². The molecule has 2 N–H and O–H groups in total. The predicted molar refractivity (Wildman–Crippen MR) is 97.0 cm³/mol. The molecule has 0 fully saturated rings. The second-order valence-electron chi connectivity index (χ2n) is 5.56. The van der Waals surface area contributed by atoms with Gasteiger partial charge in [0, 0.05) is 6.42 Å². The Balaban J connectivity index is 1.63. The van der Waals surface area contributed by atoms with Crippen molar-refractivity contribution in [1.82, 2.24) is 20.5 Å². The Morgan fingerprint density at radius 3 is 2.83 bits per heavy atom. The molecule has 1 aromatic heterocycles. The number of amides is 1. The first-order chi connectivity index (χ1) is 11.7. The molecule has 2 aromatic carbocycles. The van der Waals surface area contributed by atoms with Gasteiger partial charge < -0.3 is 5.32 Å². The van der Waals surface area contributed by atoms with E-state index < -0.39 is 0 Å². The molecule has 0 radical (unpaired) electrons. The van der Waals surface area contributed by atoms with E-state index in [-0.39, 0.29) is 11.9 Å². The van der Waals surface area contributed by atoms with Gasteiger partial charge in [-0.2, -0.15) is 0 Å². The van der Waals surface area contributed by atoms with E-state index in [9.17, 15) is 4.79 Å². The van der Waals surface area contributed by atoms with E-state index in [2.05, 4.69) is 44.8 Å². The standard InChI is InChI=1S/C18H20N4OS/c1-3-16-20-18(22-21-16)24-11-17(23)19-12(2)14-10-6-8-13-7-4-5-9-15(13)14/h4-10,12H,3,11H2,1-2H3,(H,19,23)(H,20,21,22). The molecule has 1 atom stereocenters. The second-order valence-corrected chi connectivity index (χ2v) is 6.51. The van der Waals surface area contributed by atoms with Crippen LogP contribution >= 0.6 is 11.8 Å². The van der Waals surface area contributed by atoms with Crippen molar-refractivity contribution < 1.29 is 4.79 Å². The normalized spacial score (nSPS) is 12.2. The Morgan fingerprint density at radius 2 is 2.04 bits per heavy atom. The number of nitrogens with zero attached hydrogens (tertiary/aromatic N) is 2. The zero-order valence-corrected chi connectivity index (χ0v) is 14.6. The molecule has 1 heterocycles. The maximum Gasteiger partial charge on any atom is 0.230 e. The maximum absolute atomic E-state index is 12.2. The number of aromatic amines is 1. The van der Waals surface area contributed by atoms with Crippen molar-refractivity contribution in [3.8, 4) is 0 Å². The summed E-state index contributed by atoms with van der Waals surface area (Å²) in [5, 5.41) is 12.9. The maximum atomic E-state index is 12.2. The Hall–Kier alpha value is -2.34. The molecule has 3 aromatic rings. The van der Waals surface area contributed by atoms with Crippen LogP contribution in [-0.2, 0) is 11.2 Å². The Bertz CT molecular complexity index is 840. The molecular formula is C18H20N4OS. The Kier molecular flexibility index (Phi) is 5.15. The largest absolute Gasteiger partial charge is 0.349 e. The highest BCUT2D eigenvalue weighted by atomic mass is 32.2. The number of hydrogen-bond acceptors (Lipinski definition) is 4. The van der Waals surface area contributed by atoms with Gasteiger partial charge in [-0.05, 0) is 23.3 Å². The molecule has 0 saturated heterocycles. The average molecular weight is 340 g/mol. The van der Waals surface area contributed by atoms with Crippen molar-refractivity contribution in [3.05, 3.63) is 53.9 Å². The monoisotopic (exact) mass is 340 g/mol. The molecule has 0 spiro atoms. The number of carbonyl (C=O) groups excluding carboxylic acids is 1. The third kappa shape index (κ3) is 3.76. The van der Waals surface area contributed by atoms with E-state index in [0.29, 0.717) is 10.9 Å². The molecule has 0 bridgehead atoms. The van der Waals surface area contributed by atoms with Crippen molar-refractivity contribution >= 4 is 28.4 Å². The highest BCUT2D eigenvalue weighted by Crippen LogP contribution is 2.24. The van der Waals surface area contributed by atoms with Crippen LogP contribution in [0.4, 0.5) is 0 Å². The number of carbonyl (C=O) groups is 1. The summed E-state index contributed by atoms with van der Waals surface area (Å²) in [7, 11) is 0. The van der Waals surface area contributed by atoms with Gasteiger partial charge in [0.1, 0.15) is 5.82 Å². The number of aromatic nitrogens is 3. The van der Waals surface area contributed by atoms with Crippen LogP contribution in [-0.4, -0.2) is 26.8 Å². The molecule has 124 valence electrons. The van der Waals surface area contributed by atoms with Crippen LogP contribution in [0.3, 0.4) is 0 Å². The van der Waals surface area contributed by atoms with Crippen LogP contribution in [0, 0.1) is 0 Å². The fourth-order valence-electron chi connectivity index (χ4n) is 2.62. The van der Waals surface area contributed by atoms with E-state index >= 15 is 0 Å². The quantitative estimate of drug-likeness (QED) is 0.674. The summed E-state index contributed by atoms with van der Waals surface area (Å²) in [4.78, 5) is 16.5. The smallest absolute Gasteiger partial charge is 0.230 e. The van der Waals surface area contributed by atoms with Gasteiger partial charge in [0.2, 0.25) is 11.1 Å². The van der Waals surface area contributed by atoms with Gasteiger partial charge in [0.05, 0.1) is 11.8 Å². The third-order valence-electron chi connectivity index (χ3n) is 3.85. The zero-order valence-electron chi connectivity index (χ0n) is 13.7. The molecule has 0 aliphatic carbocycles. The Morgan fingerprint density at radius 1 is 1.25 bits per heavy atom. The lowest BCUT2D eigenvalue weighted by atomic mass is 10.00.